The fraction of sp³-hybridized carbons (Fsp3) is 0.538. The van der Waals surface area contributed by atoms with Crippen LogP contribution in [0.1, 0.15) is 26.7 Å². The second kappa shape index (κ2) is 6.85. The quantitative estimate of drug-likeness (QED) is 0.605. The molecule has 1 rings (SSSR count). The van der Waals surface area contributed by atoms with Crippen molar-refractivity contribution in [2.24, 2.45) is 11.1 Å². The van der Waals surface area contributed by atoms with Crippen LogP contribution >= 0.6 is 34.8 Å². The molecule has 0 aromatic heterocycles. The Morgan fingerprint density at radius 2 is 1.72 bits per heavy atom. The number of hydrogen-bond donors (Lipinski definition) is 1. The van der Waals surface area contributed by atoms with E-state index in [0.717, 1.165) is 12.8 Å². The largest absolute Gasteiger partial charge is 0.492 e. The summed E-state index contributed by atoms with van der Waals surface area (Å²) >= 11 is 17.8. The molecule has 0 amide bonds. The number of halogens is 3. The molecule has 0 atom stereocenters. The molecular formula is C13H18Cl3NO. The highest BCUT2D eigenvalue weighted by Crippen LogP contribution is 2.34. The third-order valence-electron chi connectivity index (χ3n) is 2.78. The SMILES string of the molecule is CC(C)(CN)CCCOc1cc(Cl)c(Cl)cc1Cl. The molecule has 2 N–H and O–H groups in total. The molecule has 18 heavy (non-hydrogen) atoms. The van der Waals surface area contributed by atoms with Crippen LogP contribution in [0.3, 0.4) is 0 Å². The van der Waals surface area contributed by atoms with Gasteiger partial charge in [-0.2, -0.15) is 0 Å². The van der Waals surface area contributed by atoms with Gasteiger partial charge >= 0.3 is 0 Å². The van der Waals surface area contributed by atoms with E-state index in [9.17, 15) is 0 Å². The Bertz CT molecular complexity index is 407. The average Bonchev–Trinajstić information content (AvgIpc) is 2.31. The first kappa shape index (κ1) is 15.9. The van der Waals surface area contributed by atoms with Crippen LogP contribution in [0.2, 0.25) is 15.1 Å². The van der Waals surface area contributed by atoms with E-state index < -0.39 is 0 Å². The van der Waals surface area contributed by atoms with Crippen LogP contribution in [0.5, 0.6) is 5.75 Å². The standard InChI is InChI=1S/C13H18Cl3NO/c1-13(2,8-17)4-3-5-18-12-7-10(15)9(14)6-11(12)16/h6-7H,3-5,8,17H2,1-2H3. The lowest BCUT2D eigenvalue weighted by molar-refractivity contribution is 0.261. The molecule has 0 aliphatic carbocycles. The third-order valence-corrected chi connectivity index (χ3v) is 3.80. The fourth-order valence-electron chi connectivity index (χ4n) is 1.45. The van der Waals surface area contributed by atoms with Gasteiger partial charge in [0.05, 0.1) is 21.7 Å². The van der Waals surface area contributed by atoms with Crippen LogP contribution in [-0.4, -0.2) is 13.2 Å². The number of hydrogen-bond acceptors (Lipinski definition) is 2. The molecule has 0 spiro atoms. The Kier molecular flexibility index (Phi) is 6.06. The lowest BCUT2D eigenvalue weighted by atomic mass is 9.88. The molecule has 0 radical (unpaired) electrons. The molecule has 0 aliphatic rings. The van der Waals surface area contributed by atoms with Crippen LogP contribution < -0.4 is 10.5 Å². The Labute approximate surface area is 123 Å². The summed E-state index contributed by atoms with van der Waals surface area (Å²) in [5.41, 5.74) is 5.81. The molecule has 2 nitrogen and oxygen atoms in total. The van der Waals surface area contributed by atoms with Crippen LogP contribution in [0.15, 0.2) is 12.1 Å². The minimum Gasteiger partial charge on any atom is -0.492 e. The topological polar surface area (TPSA) is 35.2 Å². The molecule has 102 valence electrons. The van der Waals surface area contributed by atoms with E-state index in [2.05, 4.69) is 13.8 Å². The van der Waals surface area contributed by atoms with Crippen molar-refractivity contribution < 1.29 is 4.74 Å². The van der Waals surface area contributed by atoms with Gasteiger partial charge in [-0.05, 0) is 30.9 Å². The number of nitrogens with two attached hydrogens (primary N) is 1. The smallest absolute Gasteiger partial charge is 0.139 e. The summed E-state index contributed by atoms with van der Waals surface area (Å²) in [5, 5.41) is 1.35. The van der Waals surface area contributed by atoms with Crippen molar-refractivity contribution in [3.05, 3.63) is 27.2 Å². The lowest BCUT2D eigenvalue weighted by Gasteiger charge is -2.22. The third kappa shape index (κ3) is 4.85. The van der Waals surface area contributed by atoms with E-state index >= 15 is 0 Å². The zero-order valence-electron chi connectivity index (χ0n) is 10.6. The van der Waals surface area contributed by atoms with Crippen LogP contribution in [0, 0.1) is 5.41 Å². The summed E-state index contributed by atoms with van der Waals surface area (Å²) in [7, 11) is 0. The van der Waals surface area contributed by atoms with Gasteiger partial charge in [-0.15, -0.1) is 0 Å². The van der Waals surface area contributed by atoms with Gasteiger partial charge in [-0.25, -0.2) is 0 Å². The van der Waals surface area contributed by atoms with Gasteiger partial charge in [-0.1, -0.05) is 48.7 Å². The maximum absolute atomic E-state index is 6.01. The molecule has 0 bridgehead atoms. The monoisotopic (exact) mass is 309 g/mol. The average molecular weight is 311 g/mol. The van der Waals surface area contributed by atoms with Crippen molar-refractivity contribution in [3.63, 3.8) is 0 Å². The van der Waals surface area contributed by atoms with Crippen molar-refractivity contribution in [1.82, 2.24) is 0 Å². The van der Waals surface area contributed by atoms with Crippen molar-refractivity contribution in [3.8, 4) is 5.75 Å². The van der Waals surface area contributed by atoms with E-state index in [1.165, 1.54) is 0 Å². The van der Waals surface area contributed by atoms with Gasteiger partial charge in [0, 0.05) is 6.07 Å². The van der Waals surface area contributed by atoms with Gasteiger partial charge in [0.2, 0.25) is 0 Å². The highest BCUT2D eigenvalue weighted by Gasteiger charge is 2.15. The second-order valence-corrected chi connectivity index (χ2v) is 6.24. The normalized spacial score (nSPS) is 11.7. The zero-order chi connectivity index (χ0) is 13.8. The van der Waals surface area contributed by atoms with Gasteiger partial charge in [0.15, 0.2) is 0 Å². The van der Waals surface area contributed by atoms with E-state index in [4.69, 9.17) is 45.3 Å². The molecule has 0 aliphatic heterocycles. The maximum Gasteiger partial charge on any atom is 0.139 e. The maximum atomic E-state index is 6.01. The van der Waals surface area contributed by atoms with Crippen LogP contribution in [0.4, 0.5) is 0 Å². The predicted molar refractivity (Wildman–Crippen MR) is 79.0 cm³/mol. The summed E-state index contributed by atoms with van der Waals surface area (Å²) < 4.78 is 5.60. The molecule has 0 unspecified atom stereocenters. The second-order valence-electron chi connectivity index (χ2n) is 5.02. The van der Waals surface area contributed by atoms with E-state index in [1.54, 1.807) is 12.1 Å². The van der Waals surface area contributed by atoms with E-state index in [1.807, 2.05) is 0 Å². The summed E-state index contributed by atoms with van der Waals surface area (Å²) in [4.78, 5) is 0. The Morgan fingerprint density at radius 3 is 2.33 bits per heavy atom. The highest BCUT2D eigenvalue weighted by molar-refractivity contribution is 6.43. The van der Waals surface area contributed by atoms with Crippen molar-refractivity contribution in [1.29, 1.82) is 0 Å². The molecule has 1 aromatic carbocycles. The minimum absolute atomic E-state index is 0.144. The number of benzene rings is 1. The highest BCUT2D eigenvalue weighted by atomic mass is 35.5. The Balaban J connectivity index is 2.47. The molecular weight excluding hydrogens is 293 g/mol. The Morgan fingerprint density at radius 1 is 1.11 bits per heavy atom. The zero-order valence-corrected chi connectivity index (χ0v) is 12.9. The van der Waals surface area contributed by atoms with Crippen molar-refractivity contribution in [2.75, 3.05) is 13.2 Å². The van der Waals surface area contributed by atoms with E-state index in [-0.39, 0.29) is 5.41 Å². The molecule has 0 saturated carbocycles. The summed E-state index contributed by atoms with van der Waals surface area (Å²) in [6, 6.07) is 3.23. The minimum atomic E-state index is 0.144. The van der Waals surface area contributed by atoms with E-state index in [0.29, 0.717) is 34.0 Å². The molecule has 1 aromatic rings. The number of ether oxygens (including phenoxy) is 1. The molecule has 0 saturated heterocycles. The molecule has 0 heterocycles. The fourth-order valence-corrected chi connectivity index (χ4v) is 2.04. The first-order valence-electron chi connectivity index (χ1n) is 5.83. The first-order chi connectivity index (χ1) is 8.35. The van der Waals surface area contributed by atoms with Gasteiger partial charge in [-0.3, -0.25) is 0 Å². The lowest BCUT2D eigenvalue weighted by Crippen LogP contribution is -2.23. The van der Waals surface area contributed by atoms with Crippen LogP contribution in [-0.2, 0) is 0 Å². The first-order valence-corrected chi connectivity index (χ1v) is 6.96. The Hall–Kier alpha value is -0.150. The summed E-state index contributed by atoms with van der Waals surface area (Å²) in [5.74, 6) is 0.566. The van der Waals surface area contributed by atoms with Crippen molar-refractivity contribution in [2.45, 2.75) is 26.7 Å². The van der Waals surface area contributed by atoms with Crippen LogP contribution in [0.25, 0.3) is 0 Å². The summed E-state index contributed by atoms with van der Waals surface area (Å²) in [6.07, 6.45) is 1.92. The molecule has 5 heteroatoms. The van der Waals surface area contributed by atoms with Gasteiger partial charge in [0.25, 0.3) is 0 Å². The van der Waals surface area contributed by atoms with Crippen molar-refractivity contribution >= 4 is 34.8 Å². The van der Waals surface area contributed by atoms with Gasteiger partial charge in [0.1, 0.15) is 5.75 Å². The summed E-state index contributed by atoms with van der Waals surface area (Å²) in [6.45, 7) is 5.53. The number of rotatable bonds is 6. The van der Waals surface area contributed by atoms with Gasteiger partial charge < -0.3 is 10.5 Å². The molecule has 0 fully saturated rings. The predicted octanol–water partition coefficient (Wildman–Crippen LogP) is 4.79.